The van der Waals surface area contributed by atoms with Gasteiger partial charge in [-0.1, -0.05) is 73.0 Å². The molecule has 0 saturated heterocycles. The summed E-state index contributed by atoms with van der Waals surface area (Å²) in [5, 5.41) is 0. The van der Waals surface area contributed by atoms with Gasteiger partial charge in [-0.2, -0.15) is 0 Å². The molecule has 0 aliphatic carbocycles. The van der Waals surface area contributed by atoms with Gasteiger partial charge in [0.05, 0.1) is 0 Å². The SMILES string of the molecule is CC.CC.CCCC(C=C(C)C)C(C)CC. The fourth-order valence-electron chi connectivity index (χ4n) is 1.60. The molecule has 0 amide bonds. The molecule has 0 aliphatic rings. The molecule has 0 spiro atoms. The first-order valence-corrected chi connectivity index (χ1v) is 7.26. The molecule has 0 radical (unpaired) electrons. The third-order valence-corrected chi connectivity index (χ3v) is 2.54. The summed E-state index contributed by atoms with van der Waals surface area (Å²) in [5.41, 5.74) is 1.47. The predicted octanol–water partition coefficient (Wildman–Crippen LogP) is 6.47. The standard InChI is InChI=1S/C12H24.2C2H6/c1-6-8-12(9-10(3)4)11(5)7-2;2*1-2/h9,11-12H,6-8H2,1-5H3;2*1-2H3. The van der Waals surface area contributed by atoms with Gasteiger partial charge in [0.1, 0.15) is 0 Å². The largest absolute Gasteiger partial charge is 0.0825 e. The van der Waals surface area contributed by atoms with Crippen LogP contribution in [0.4, 0.5) is 0 Å². The first-order valence-electron chi connectivity index (χ1n) is 7.26. The summed E-state index contributed by atoms with van der Waals surface area (Å²) in [5.74, 6) is 1.66. The van der Waals surface area contributed by atoms with Gasteiger partial charge >= 0.3 is 0 Å². The lowest BCUT2D eigenvalue weighted by Crippen LogP contribution is -2.08. The highest BCUT2D eigenvalue weighted by Crippen LogP contribution is 2.22. The van der Waals surface area contributed by atoms with Crippen LogP contribution in [0, 0.1) is 11.8 Å². The molecule has 0 N–H and O–H groups in total. The second-order valence-electron chi connectivity index (χ2n) is 4.08. The highest BCUT2D eigenvalue weighted by molar-refractivity contribution is 4.98. The van der Waals surface area contributed by atoms with Crippen LogP contribution < -0.4 is 0 Å². The molecule has 0 nitrogen and oxygen atoms in total. The summed E-state index contributed by atoms with van der Waals surface area (Å²) in [7, 11) is 0. The molecule has 100 valence electrons. The highest BCUT2D eigenvalue weighted by Gasteiger charge is 2.11. The Bertz CT molecular complexity index is 129. The molecule has 0 saturated carbocycles. The van der Waals surface area contributed by atoms with Crippen molar-refractivity contribution in [2.45, 2.75) is 81.6 Å². The molecule has 16 heavy (non-hydrogen) atoms. The molecule has 0 aromatic heterocycles. The molecule has 0 heteroatoms. The quantitative estimate of drug-likeness (QED) is 0.473. The number of rotatable bonds is 5. The van der Waals surface area contributed by atoms with E-state index in [0.29, 0.717) is 0 Å². The van der Waals surface area contributed by atoms with Crippen molar-refractivity contribution in [2.75, 3.05) is 0 Å². The predicted molar refractivity (Wildman–Crippen MR) is 80.0 cm³/mol. The van der Waals surface area contributed by atoms with Crippen LogP contribution in [0.5, 0.6) is 0 Å². The van der Waals surface area contributed by atoms with Crippen LogP contribution in [-0.2, 0) is 0 Å². The lowest BCUT2D eigenvalue weighted by Gasteiger charge is -2.19. The fraction of sp³-hybridized carbons (Fsp3) is 0.875. The summed E-state index contributed by atoms with van der Waals surface area (Å²) < 4.78 is 0. The second kappa shape index (κ2) is 17.1. The Kier molecular flexibility index (Phi) is 22.6. The van der Waals surface area contributed by atoms with Crippen molar-refractivity contribution in [2.24, 2.45) is 11.8 Å². The summed E-state index contributed by atoms with van der Waals surface area (Å²) in [4.78, 5) is 0. The molecule has 0 aromatic rings. The lowest BCUT2D eigenvalue weighted by atomic mass is 9.87. The third kappa shape index (κ3) is 13.7. The smallest absolute Gasteiger partial charge is 0.0206 e. The first-order chi connectivity index (χ1) is 7.61. The molecule has 2 atom stereocenters. The van der Waals surface area contributed by atoms with Crippen molar-refractivity contribution in [1.82, 2.24) is 0 Å². The second-order valence-corrected chi connectivity index (χ2v) is 4.08. The van der Waals surface area contributed by atoms with Crippen molar-refractivity contribution in [1.29, 1.82) is 0 Å². The monoisotopic (exact) mass is 228 g/mol. The molecule has 0 bridgehead atoms. The van der Waals surface area contributed by atoms with Crippen molar-refractivity contribution in [3.8, 4) is 0 Å². The van der Waals surface area contributed by atoms with Crippen LogP contribution in [0.1, 0.15) is 81.6 Å². The van der Waals surface area contributed by atoms with E-state index in [1.54, 1.807) is 0 Å². The van der Waals surface area contributed by atoms with E-state index < -0.39 is 0 Å². The summed E-state index contributed by atoms with van der Waals surface area (Å²) in [6, 6.07) is 0. The van der Waals surface area contributed by atoms with Crippen molar-refractivity contribution < 1.29 is 0 Å². The number of hydrogen-bond acceptors (Lipinski definition) is 0. The van der Waals surface area contributed by atoms with Gasteiger partial charge in [0, 0.05) is 0 Å². The average molecular weight is 228 g/mol. The molecule has 2 unspecified atom stereocenters. The van der Waals surface area contributed by atoms with E-state index in [-0.39, 0.29) is 0 Å². The zero-order valence-electron chi connectivity index (χ0n) is 13.4. The maximum atomic E-state index is 2.44. The zero-order valence-corrected chi connectivity index (χ0v) is 13.4. The van der Waals surface area contributed by atoms with Crippen LogP contribution in [0.3, 0.4) is 0 Å². The van der Waals surface area contributed by atoms with Gasteiger partial charge in [-0.05, 0) is 32.1 Å². The molecule has 0 fully saturated rings. The number of hydrogen-bond donors (Lipinski definition) is 0. The maximum Gasteiger partial charge on any atom is -0.0206 e. The van der Waals surface area contributed by atoms with E-state index in [0.717, 1.165) is 11.8 Å². The van der Waals surface area contributed by atoms with Gasteiger partial charge in [-0.3, -0.25) is 0 Å². The van der Waals surface area contributed by atoms with Gasteiger partial charge in [-0.15, -0.1) is 0 Å². The first kappa shape index (κ1) is 21.1. The normalized spacial score (nSPS) is 12.3. The van der Waals surface area contributed by atoms with Crippen molar-refractivity contribution in [3.05, 3.63) is 11.6 Å². The van der Waals surface area contributed by atoms with Gasteiger partial charge in [0.25, 0.3) is 0 Å². The highest BCUT2D eigenvalue weighted by atomic mass is 14.2. The summed E-state index contributed by atoms with van der Waals surface area (Å²) in [6.45, 7) is 19.3. The summed E-state index contributed by atoms with van der Waals surface area (Å²) >= 11 is 0. The van der Waals surface area contributed by atoms with Crippen LogP contribution >= 0.6 is 0 Å². The molecule has 0 aromatic carbocycles. The van der Waals surface area contributed by atoms with Gasteiger partial charge in [-0.25, -0.2) is 0 Å². The average Bonchev–Trinajstić information content (AvgIpc) is 2.32. The van der Waals surface area contributed by atoms with Crippen LogP contribution in [0.15, 0.2) is 11.6 Å². The van der Waals surface area contributed by atoms with Gasteiger partial charge in [0.2, 0.25) is 0 Å². The topological polar surface area (TPSA) is 0 Å². The lowest BCUT2D eigenvalue weighted by molar-refractivity contribution is 0.388. The Hall–Kier alpha value is -0.260. The third-order valence-electron chi connectivity index (χ3n) is 2.54. The van der Waals surface area contributed by atoms with E-state index >= 15 is 0 Å². The molecular formula is C16H36. The Labute approximate surface area is 106 Å². The Balaban J connectivity index is -0.000000376. The van der Waals surface area contributed by atoms with Crippen molar-refractivity contribution >= 4 is 0 Å². The Morgan fingerprint density at radius 2 is 1.44 bits per heavy atom. The van der Waals surface area contributed by atoms with Crippen LogP contribution in [0.25, 0.3) is 0 Å². The minimum atomic E-state index is 0.810. The van der Waals surface area contributed by atoms with Crippen LogP contribution in [0.2, 0.25) is 0 Å². The Morgan fingerprint density at radius 3 is 1.69 bits per heavy atom. The minimum Gasteiger partial charge on any atom is -0.0825 e. The van der Waals surface area contributed by atoms with Crippen molar-refractivity contribution in [3.63, 3.8) is 0 Å². The van der Waals surface area contributed by atoms with Gasteiger partial charge in [0.15, 0.2) is 0 Å². The van der Waals surface area contributed by atoms with E-state index in [1.165, 1.54) is 24.8 Å². The molecule has 0 aliphatic heterocycles. The fourth-order valence-corrected chi connectivity index (χ4v) is 1.60. The van der Waals surface area contributed by atoms with E-state index in [1.807, 2.05) is 27.7 Å². The Morgan fingerprint density at radius 1 is 1.00 bits per heavy atom. The number of allylic oxidation sites excluding steroid dienone is 2. The minimum absolute atomic E-state index is 0.810. The summed E-state index contributed by atoms with van der Waals surface area (Å²) in [6.07, 6.45) is 6.39. The molecule has 0 heterocycles. The zero-order chi connectivity index (χ0) is 13.6. The maximum absolute atomic E-state index is 2.44. The molecule has 0 rings (SSSR count). The van der Waals surface area contributed by atoms with Gasteiger partial charge < -0.3 is 0 Å². The van der Waals surface area contributed by atoms with E-state index in [9.17, 15) is 0 Å². The molecular weight excluding hydrogens is 192 g/mol. The van der Waals surface area contributed by atoms with E-state index in [4.69, 9.17) is 0 Å². The van der Waals surface area contributed by atoms with E-state index in [2.05, 4.69) is 40.7 Å². The van der Waals surface area contributed by atoms with Crippen LogP contribution in [-0.4, -0.2) is 0 Å².